The lowest BCUT2D eigenvalue weighted by Gasteiger charge is -2.30. The Bertz CT molecular complexity index is 630. The summed E-state index contributed by atoms with van der Waals surface area (Å²) in [6, 6.07) is 3.68. The van der Waals surface area contributed by atoms with Gasteiger partial charge in [-0.1, -0.05) is 13.8 Å². The molecule has 0 radical (unpaired) electrons. The summed E-state index contributed by atoms with van der Waals surface area (Å²) in [5.74, 6) is 0. The molecule has 1 heterocycles. The van der Waals surface area contributed by atoms with Gasteiger partial charge in [-0.05, 0) is 31.2 Å². The van der Waals surface area contributed by atoms with Crippen LogP contribution in [0, 0.1) is 10.1 Å². The molecule has 0 aliphatic heterocycles. The molecule has 21 heavy (non-hydrogen) atoms. The predicted octanol–water partition coefficient (Wildman–Crippen LogP) is 4.54. The highest BCUT2D eigenvalue weighted by Crippen LogP contribution is 2.36. The van der Waals surface area contributed by atoms with Crippen LogP contribution in [0.1, 0.15) is 26.7 Å². The van der Waals surface area contributed by atoms with Crippen molar-refractivity contribution < 1.29 is 4.92 Å². The summed E-state index contributed by atoms with van der Waals surface area (Å²) >= 11 is 3.23. The predicted molar refractivity (Wildman–Crippen MR) is 91.6 cm³/mol. The fourth-order valence-electron chi connectivity index (χ4n) is 2.36. The highest BCUT2D eigenvalue weighted by molar-refractivity contribution is 8.00. The number of thiazole rings is 1. The van der Waals surface area contributed by atoms with Gasteiger partial charge >= 0.3 is 5.69 Å². The minimum atomic E-state index is -0.344. The zero-order chi connectivity index (χ0) is 15.5. The Kier molecular flexibility index (Phi) is 5.05. The van der Waals surface area contributed by atoms with Crippen molar-refractivity contribution in [2.45, 2.75) is 31.4 Å². The molecular formula is C14H19N3O2S2. The largest absolute Gasteiger partial charge is 0.378 e. The topological polar surface area (TPSA) is 68.1 Å². The van der Waals surface area contributed by atoms with Crippen LogP contribution in [-0.4, -0.2) is 27.5 Å². The lowest BCUT2D eigenvalue weighted by molar-refractivity contribution is -0.382. The van der Waals surface area contributed by atoms with Crippen molar-refractivity contribution in [3.63, 3.8) is 0 Å². The molecule has 1 aromatic carbocycles. The first-order chi connectivity index (χ1) is 10.1. The van der Waals surface area contributed by atoms with Crippen LogP contribution >= 0.6 is 23.1 Å². The first-order valence-electron chi connectivity index (χ1n) is 6.86. The van der Waals surface area contributed by atoms with Gasteiger partial charge in [-0.3, -0.25) is 10.1 Å². The second kappa shape index (κ2) is 6.62. The van der Waals surface area contributed by atoms with Crippen molar-refractivity contribution in [2.75, 3.05) is 18.1 Å². The van der Waals surface area contributed by atoms with Gasteiger partial charge in [0.05, 0.1) is 15.1 Å². The Hall–Kier alpha value is -1.34. The molecule has 1 aromatic heterocycles. The van der Waals surface area contributed by atoms with Gasteiger partial charge in [0.1, 0.15) is 5.69 Å². The number of nitrogens with one attached hydrogen (secondary N) is 1. The maximum Gasteiger partial charge on any atom is 0.319 e. The van der Waals surface area contributed by atoms with E-state index in [0.717, 1.165) is 17.5 Å². The van der Waals surface area contributed by atoms with Gasteiger partial charge in [-0.25, -0.2) is 4.98 Å². The molecule has 1 N–H and O–H groups in total. The molecule has 0 fully saturated rings. The van der Waals surface area contributed by atoms with E-state index in [1.165, 1.54) is 11.3 Å². The average Bonchev–Trinajstić information content (AvgIpc) is 2.96. The molecule has 0 bridgehead atoms. The van der Waals surface area contributed by atoms with E-state index in [1.54, 1.807) is 11.6 Å². The van der Waals surface area contributed by atoms with Gasteiger partial charge in [0, 0.05) is 11.3 Å². The van der Waals surface area contributed by atoms with Gasteiger partial charge in [0.2, 0.25) is 0 Å². The summed E-state index contributed by atoms with van der Waals surface area (Å²) in [4.78, 5) is 15.2. The van der Waals surface area contributed by atoms with Crippen LogP contribution in [0.5, 0.6) is 0 Å². The van der Waals surface area contributed by atoms with E-state index in [4.69, 9.17) is 0 Å². The molecule has 0 spiro atoms. The van der Waals surface area contributed by atoms with Crippen LogP contribution in [0.25, 0.3) is 10.2 Å². The molecule has 5 nitrogen and oxygen atoms in total. The van der Waals surface area contributed by atoms with Gasteiger partial charge in [-0.2, -0.15) is 11.8 Å². The standard InChI is InChI=1S/C14H19N3O2S2/c1-4-14(5-2,20-3)8-15-10-6-7-11-12(16-9-21-11)13(10)17(18)19/h6-7,9,15H,4-5,8H2,1-3H3. The smallest absolute Gasteiger partial charge is 0.319 e. The summed E-state index contributed by atoms with van der Waals surface area (Å²) in [5, 5.41) is 14.7. The van der Waals surface area contributed by atoms with Crippen molar-refractivity contribution in [2.24, 2.45) is 0 Å². The third-order valence-electron chi connectivity index (χ3n) is 3.98. The zero-order valence-corrected chi connectivity index (χ0v) is 14.0. The summed E-state index contributed by atoms with van der Waals surface area (Å²) in [7, 11) is 0. The highest BCUT2D eigenvalue weighted by Gasteiger charge is 2.27. The van der Waals surface area contributed by atoms with Crippen LogP contribution in [-0.2, 0) is 0 Å². The Morgan fingerprint density at radius 3 is 2.71 bits per heavy atom. The average molecular weight is 325 g/mol. The molecule has 0 saturated heterocycles. The van der Waals surface area contributed by atoms with Crippen LogP contribution in [0.3, 0.4) is 0 Å². The monoisotopic (exact) mass is 325 g/mol. The Labute approximate surface area is 132 Å². The maximum absolute atomic E-state index is 11.4. The zero-order valence-electron chi connectivity index (χ0n) is 12.4. The number of nitro benzene ring substituents is 1. The number of aromatic nitrogens is 1. The number of anilines is 1. The number of benzene rings is 1. The van der Waals surface area contributed by atoms with E-state index in [1.807, 2.05) is 17.8 Å². The van der Waals surface area contributed by atoms with Crippen LogP contribution in [0.4, 0.5) is 11.4 Å². The van der Waals surface area contributed by atoms with E-state index < -0.39 is 0 Å². The fraction of sp³-hybridized carbons (Fsp3) is 0.500. The molecule has 2 rings (SSSR count). The lowest BCUT2D eigenvalue weighted by atomic mass is 10.0. The second-order valence-corrected chi connectivity index (χ2v) is 7.03. The van der Waals surface area contributed by atoms with E-state index in [0.29, 0.717) is 17.7 Å². The Morgan fingerprint density at radius 1 is 1.43 bits per heavy atom. The van der Waals surface area contributed by atoms with Crippen molar-refractivity contribution >= 4 is 44.7 Å². The molecule has 0 amide bonds. The van der Waals surface area contributed by atoms with Gasteiger partial charge in [0.25, 0.3) is 0 Å². The van der Waals surface area contributed by atoms with Crippen LogP contribution < -0.4 is 5.32 Å². The SMILES string of the molecule is CCC(CC)(CNc1ccc2scnc2c1[N+](=O)[O-])SC. The van der Waals surface area contributed by atoms with Gasteiger partial charge in [-0.15, -0.1) is 11.3 Å². The Balaban J connectivity index is 2.34. The molecule has 0 atom stereocenters. The normalized spacial score (nSPS) is 11.8. The summed E-state index contributed by atoms with van der Waals surface area (Å²) in [6.07, 6.45) is 4.13. The highest BCUT2D eigenvalue weighted by atomic mass is 32.2. The molecule has 0 unspecified atom stereocenters. The van der Waals surface area contributed by atoms with Crippen molar-refractivity contribution in [3.05, 3.63) is 27.8 Å². The summed E-state index contributed by atoms with van der Waals surface area (Å²) in [6.45, 7) is 5.01. The molecular weight excluding hydrogens is 306 g/mol. The first kappa shape index (κ1) is 16.0. The fourth-order valence-corrected chi connectivity index (χ4v) is 3.83. The number of rotatable bonds is 7. The molecule has 7 heteroatoms. The minimum absolute atomic E-state index is 0.0796. The lowest BCUT2D eigenvalue weighted by Crippen LogP contribution is -2.32. The molecule has 0 aliphatic rings. The number of hydrogen-bond donors (Lipinski definition) is 1. The quantitative estimate of drug-likeness (QED) is 0.598. The van der Waals surface area contributed by atoms with Crippen molar-refractivity contribution in [3.8, 4) is 0 Å². The van der Waals surface area contributed by atoms with Crippen molar-refractivity contribution in [1.29, 1.82) is 0 Å². The Morgan fingerprint density at radius 2 is 2.14 bits per heavy atom. The van der Waals surface area contributed by atoms with Gasteiger partial charge < -0.3 is 5.32 Å². The minimum Gasteiger partial charge on any atom is -0.378 e. The van der Waals surface area contributed by atoms with E-state index in [2.05, 4.69) is 30.4 Å². The third-order valence-corrected chi connectivity index (χ3v) is 6.36. The molecule has 0 aliphatic carbocycles. The van der Waals surface area contributed by atoms with Crippen LogP contribution in [0.2, 0.25) is 0 Å². The third kappa shape index (κ3) is 3.13. The number of nitro groups is 1. The van der Waals surface area contributed by atoms with E-state index in [9.17, 15) is 10.1 Å². The van der Waals surface area contributed by atoms with Crippen molar-refractivity contribution in [1.82, 2.24) is 4.98 Å². The van der Waals surface area contributed by atoms with Gasteiger partial charge in [0.15, 0.2) is 5.52 Å². The van der Waals surface area contributed by atoms with E-state index in [-0.39, 0.29) is 15.4 Å². The first-order valence-corrected chi connectivity index (χ1v) is 8.97. The summed E-state index contributed by atoms with van der Waals surface area (Å²) in [5.41, 5.74) is 2.75. The van der Waals surface area contributed by atoms with Crippen LogP contribution in [0.15, 0.2) is 17.6 Å². The number of hydrogen-bond acceptors (Lipinski definition) is 6. The number of thioether (sulfide) groups is 1. The maximum atomic E-state index is 11.4. The second-order valence-electron chi connectivity index (χ2n) is 4.87. The molecule has 0 saturated carbocycles. The molecule has 114 valence electrons. The van der Waals surface area contributed by atoms with E-state index >= 15 is 0 Å². The number of nitrogens with zero attached hydrogens (tertiary/aromatic N) is 2. The summed E-state index contributed by atoms with van der Waals surface area (Å²) < 4.78 is 0.944. The molecule has 2 aromatic rings. The number of fused-ring (bicyclic) bond motifs is 1.